The lowest BCUT2D eigenvalue weighted by molar-refractivity contribution is 0.219. The molecular weight excluding hydrogens is 480 g/mol. The van der Waals surface area contributed by atoms with E-state index < -0.39 is 21.2 Å². The molecule has 0 aliphatic carbocycles. The zero-order chi connectivity index (χ0) is 24.8. The first-order valence-corrected chi connectivity index (χ1v) is 12.1. The fourth-order valence-electron chi connectivity index (χ4n) is 3.61. The highest BCUT2D eigenvalue weighted by Crippen LogP contribution is 2.34. The Balaban J connectivity index is 1.89. The number of sulfonamides is 1. The third-order valence-electron chi connectivity index (χ3n) is 5.24. The smallest absolute Gasteiger partial charge is 0.259 e. The second-order valence-electron chi connectivity index (χ2n) is 7.88. The fraction of sp³-hybridized carbons (Fsp3) is 0.217. The zero-order valence-corrected chi connectivity index (χ0v) is 20.4. The van der Waals surface area contributed by atoms with E-state index in [4.69, 9.17) is 25.9 Å². The summed E-state index contributed by atoms with van der Waals surface area (Å²) in [5.74, 6) is 0.856. The van der Waals surface area contributed by atoms with Crippen molar-refractivity contribution < 1.29 is 17.6 Å². The number of hydrogen-bond donors (Lipinski definition) is 1. The Morgan fingerprint density at radius 3 is 2.44 bits per heavy atom. The minimum atomic E-state index is -4.20. The molecule has 0 saturated heterocycles. The minimum Gasteiger partial charge on any atom is -0.483 e. The number of halogens is 1. The van der Waals surface area contributed by atoms with Gasteiger partial charge in [-0.15, -0.1) is 0 Å². The van der Waals surface area contributed by atoms with Gasteiger partial charge in [0.2, 0.25) is 5.03 Å². The summed E-state index contributed by atoms with van der Waals surface area (Å²) in [4.78, 5) is 25.4. The van der Waals surface area contributed by atoms with E-state index in [9.17, 15) is 13.2 Å². The average Bonchev–Trinajstić information content (AvgIpc) is 2.77. The molecule has 0 bridgehead atoms. The summed E-state index contributed by atoms with van der Waals surface area (Å²) in [7, 11) is -4.20. The first-order valence-electron chi connectivity index (χ1n) is 10.2. The van der Waals surface area contributed by atoms with Crippen LogP contribution in [-0.2, 0) is 10.0 Å². The SMILES string of the molecule is Cc1cc([C@@H](C)Oc2ccc(Cl)nc2S(N)(=O)=O)c2oc(-c3cnc(C)nc3)c(C)c(=O)c2c1. The molecular formula is C23H21ClN4O5S. The van der Waals surface area contributed by atoms with Crippen LogP contribution in [0, 0.1) is 20.8 Å². The topological polar surface area (TPSA) is 138 Å². The number of benzene rings is 1. The molecule has 3 heterocycles. The van der Waals surface area contributed by atoms with E-state index in [1.54, 1.807) is 45.3 Å². The molecule has 4 rings (SSSR count). The molecule has 0 amide bonds. The Morgan fingerprint density at radius 2 is 1.79 bits per heavy atom. The fourth-order valence-corrected chi connectivity index (χ4v) is 4.43. The van der Waals surface area contributed by atoms with Gasteiger partial charge in [-0.1, -0.05) is 11.6 Å². The predicted octanol–water partition coefficient (Wildman–Crippen LogP) is 4.01. The van der Waals surface area contributed by atoms with Crippen LogP contribution in [0.4, 0.5) is 0 Å². The number of ether oxygens (including phenoxy) is 1. The average molecular weight is 501 g/mol. The summed E-state index contributed by atoms with van der Waals surface area (Å²) in [6.45, 7) is 6.98. The van der Waals surface area contributed by atoms with Crippen molar-refractivity contribution in [2.45, 2.75) is 38.8 Å². The monoisotopic (exact) mass is 500 g/mol. The van der Waals surface area contributed by atoms with Gasteiger partial charge in [-0.3, -0.25) is 4.79 Å². The van der Waals surface area contributed by atoms with Gasteiger partial charge in [0, 0.05) is 23.5 Å². The van der Waals surface area contributed by atoms with Crippen LogP contribution in [0.3, 0.4) is 0 Å². The van der Waals surface area contributed by atoms with Gasteiger partial charge in [0.25, 0.3) is 10.0 Å². The van der Waals surface area contributed by atoms with Crippen molar-refractivity contribution in [3.8, 4) is 17.1 Å². The van der Waals surface area contributed by atoms with Gasteiger partial charge < -0.3 is 9.15 Å². The Kier molecular flexibility index (Phi) is 6.15. The molecule has 2 N–H and O–H groups in total. The number of nitrogens with zero attached hydrogens (tertiary/aromatic N) is 3. The Morgan fingerprint density at radius 1 is 1.12 bits per heavy atom. The molecule has 0 spiro atoms. The van der Waals surface area contributed by atoms with Gasteiger partial charge >= 0.3 is 0 Å². The van der Waals surface area contributed by atoms with Gasteiger partial charge in [-0.2, -0.15) is 0 Å². The molecule has 1 aromatic carbocycles. The number of hydrogen-bond acceptors (Lipinski definition) is 8. The molecule has 0 saturated carbocycles. The van der Waals surface area contributed by atoms with Crippen molar-refractivity contribution in [2.75, 3.05) is 0 Å². The van der Waals surface area contributed by atoms with Crippen LogP contribution in [0.1, 0.15) is 35.5 Å². The van der Waals surface area contributed by atoms with Crippen LogP contribution in [0.2, 0.25) is 5.15 Å². The molecule has 4 aromatic rings. The first kappa shape index (κ1) is 23.8. The van der Waals surface area contributed by atoms with Crippen molar-refractivity contribution in [1.29, 1.82) is 0 Å². The Bertz CT molecular complexity index is 1580. The van der Waals surface area contributed by atoms with Crippen molar-refractivity contribution >= 4 is 32.6 Å². The van der Waals surface area contributed by atoms with Crippen LogP contribution < -0.4 is 15.3 Å². The molecule has 176 valence electrons. The molecule has 0 aliphatic heterocycles. The number of fused-ring (bicyclic) bond motifs is 1. The summed E-state index contributed by atoms with van der Waals surface area (Å²) in [5.41, 5.74) is 2.42. The second kappa shape index (κ2) is 8.79. The number of primary sulfonamides is 1. The maximum atomic E-state index is 13.2. The van der Waals surface area contributed by atoms with Crippen molar-refractivity contribution in [3.63, 3.8) is 0 Å². The third-order valence-corrected chi connectivity index (χ3v) is 6.28. The lowest BCUT2D eigenvalue weighted by Crippen LogP contribution is -2.17. The maximum absolute atomic E-state index is 13.2. The van der Waals surface area contributed by atoms with Gasteiger partial charge in [0.05, 0.1) is 10.9 Å². The summed E-state index contributed by atoms with van der Waals surface area (Å²) in [6, 6.07) is 6.31. The zero-order valence-electron chi connectivity index (χ0n) is 18.8. The summed E-state index contributed by atoms with van der Waals surface area (Å²) in [6.07, 6.45) is 2.44. The standard InChI is InChI=1S/C23H21ClN4O5S/c1-11-7-16(13(3)32-18-5-6-19(24)28-23(18)34(25,30)31)22-17(8-11)20(29)12(2)21(33-22)15-9-26-14(4)27-10-15/h5-10,13H,1-4H3,(H2,25,30,31)/t13-/m1/s1. The maximum Gasteiger partial charge on any atom is 0.259 e. The van der Waals surface area contributed by atoms with Gasteiger partial charge in [-0.25, -0.2) is 28.5 Å². The molecule has 0 radical (unpaired) electrons. The Hall–Kier alpha value is -3.34. The Labute approximate surface area is 200 Å². The summed E-state index contributed by atoms with van der Waals surface area (Å²) >= 11 is 5.85. The highest BCUT2D eigenvalue weighted by molar-refractivity contribution is 7.89. The first-order chi connectivity index (χ1) is 16.0. The lowest BCUT2D eigenvalue weighted by Gasteiger charge is -2.19. The van der Waals surface area contributed by atoms with Gasteiger partial charge in [0.15, 0.2) is 11.2 Å². The second-order valence-corrected chi connectivity index (χ2v) is 9.74. The van der Waals surface area contributed by atoms with E-state index in [-0.39, 0.29) is 16.3 Å². The molecule has 9 nitrogen and oxygen atoms in total. The molecule has 3 aromatic heterocycles. The van der Waals surface area contributed by atoms with E-state index in [0.29, 0.717) is 39.2 Å². The van der Waals surface area contributed by atoms with E-state index in [1.165, 1.54) is 12.1 Å². The predicted molar refractivity (Wildman–Crippen MR) is 127 cm³/mol. The van der Waals surface area contributed by atoms with Gasteiger partial charge in [-0.05, 0) is 57.5 Å². The molecule has 1 atom stereocenters. The molecule has 0 unspecified atom stereocenters. The number of rotatable bonds is 5. The largest absolute Gasteiger partial charge is 0.483 e. The number of aryl methyl sites for hydroxylation is 2. The number of pyridine rings is 1. The van der Waals surface area contributed by atoms with Crippen LogP contribution in [0.25, 0.3) is 22.3 Å². The van der Waals surface area contributed by atoms with Crippen LogP contribution >= 0.6 is 11.6 Å². The molecule has 34 heavy (non-hydrogen) atoms. The van der Waals surface area contributed by atoms with E-state index >= 15 is 0 Å². The summed E-state index contributed by atoms with van der Waals surface area (Å²) in [5, 5.41) is 5.13. The highest BCUT2D eigenvalue weighted by Gasteiger charge is 2.23. The third kappa shape index (κ3) is 4.52. The van der Waals surface area contributed by atoms with E-state index in [1.807, 2.05) is 6.92 Å². The number of aromatic nitrogens is 3. The van der Waals surface area contributed by atoms with Gasteiger partial charge in [0.1, 0.15) is 28.4 Å². The minimum absolute atomic E-state index is 0.0449. The van der Waals surface area contributed by atoms with E-state index in [2.05, 4.69) is 15.0 Å². The van der Waals surface area contributed by atoms with Crippen LogP contribution in [-0.4, -0.2) is 23.4 Å². The molecule has 0 fully saturated rings. The molecule has 0 aliphatic rings. The highest BCUT2D eigenvalue weighted by atomic mass is 35.5. The summed E-state index contributed by atoms with van der Waals surface area (Å²) < 4.78 is 36.2. The van der Waals surface area contributed by atoms with Crippen molar-refractivity contribution in [1.82, 2.24) is 15.0 Å². The van der Waals surface area contributed by atoms with Crippen molar-refractivity contribution in [3.05, 3.63) is 74.6 Å². The molecule has 11 heteroatoms. The van der Waals surface area contributed by atoms with E-state index in [0.717, 1.165) is 5.56 Å². The lowest BCUT2D eigenvalue weighted by atomic mass is 10.0. The van der Waals surface area contributed by atoms with Crippen LogP contribution in [0.15, 0.2) is 50.9 Å². The normalized spacial score (nSPS) is 12.6. The van der Waals surface area contributed by atoms with Crippen LogP contribution in [0.5, 0.6) is 5.75 Å². The number of nitrogens with two attached hydrogens (primary N) is 1. The quantitative estimate of drug-likeness (QED) is 0.405. The van der Waals surface area contributed by atoms with Crippen molar-refractivity contribution in [2.24, 2.45) is 5.14 Å².